The molecule has 8 nitrogen and oxygen atoms in total. The number of nitrogens with one attached hydrogen (secondary N) is 1. The highest BCUT2D eigenvalue weighted by Gasteiger charge is 2.13. The fourth-order valence-electron chi connectivity index (χ4n) is 2.90. The van der Waals surface area contributed by atoms with E-state index in [1.807, 2.05) is 44.6 Å². The summed E-state index contributed by atoms with van der Waals surface area (Å²) in [6.45, 7) is 3.72. The van der Waals surface area contributed by atoms with Crippen molar-refractivity contribution in [3.05, 3.63) is 66.8 Å². The molecule has 0 saturated heterocycles. The second-order valence-electron chi connectivity index (χ2n) is 6.56. The number of allylic oxidation sites excluding steroid dienone is 1. The summed E-state index contributed by atoms with van der Waals surface area (Å²) in [5.41, 5.74) is 3.90. The Morgan fingerprint density at radius 3 is 2.83 bits per heavy atom. The second-order valence-corrected chi connectivity index (χ2v) is 6.56. The van der Waals surface area contributed by atoms with Gasteiger partial charge < -0.3 is 10.1 Å². The summed E-state index contributed by atoms with van der Waals surface area (Å²) in [4.78, 5) is 16.6. The van der Waals surface area contributed by atoms with E-state index >= 15 is 0 Å². The Morgan fingerprint density at radius 1 is 1.21 bits per heavy atom. The summed E-state index contributed by atoms with van der Waals surface area (Å²) < 4.78 is 9.52. The van der Waals surface area contributed by atoms with Gasteiger partial charge in [0.1, 0.15) is 11.3 Å². The van der Waals surface area contributed by atoms with Gasteiger partial charge in [0.2, 0.25) is 11.8 Å². The molecular weight excluding hydrogens is 368 g/mol. The summed E-state index contributed by atoms with van der Waals surface area (Å²) in [6, 6.07) is 7.34. The number of nitrogens with zero attached hydrogens (tertiary/aromatic N) is 5. The monoisotopic (exact) mass is 388 g/mol. The van der Waals surface area contributed by atoms with Crippen LogP contribution in [0.15, 0.2) is 61.2 Å². The van der Waals surface area contributed by atoms with Gasteiger partial charge in [-0.15, -0.1) is 0 Å². The number of amides is 1. The first kappa shape index (κ1) is 18.4. The van der Waals surface area contributed by atoms with Crippen LogP contribution in [0.2, 0.25) is 0 Å². The highest BCUT2D eigenvalue weighted by atomic mass is 16.5. The van der Waals surface area contributed by atoms with Gasteiger partial charge in [0.15, 0.2) is 0 Å². The third-order valence-corrected chi connectivity index (χ3v) is 4.36. The lowest BCUT2D eigenvalue weighted by Gasteiger charge is -2.12. The molecule has 0 unspecified atom stereocenters. The Hall–Kier alpha value is -3.94. The average Bonchev–Trinajstić information content (AvgIpc) is 3.33. The molecule has 4 rings (SSSR count). The average molecular weight is 388 g/mol. The Kier molecular flexibility index (Phi) is 4.82. The lowest BCUT2D eigenvalue weighted by atomic mass is 10.2. The second kappa shape index (κ2) is 7.59. The predicted molar refractivity (Wildman–Crippen MR) is 110 cm³/mol. The molecule has 146 valence electrons. The van der Waals surface area contributed by atoms with Crippen LogP contribution in [0, 0.1) is 6.92 Å². The lowest BCUT2D eigenvalue weighted by molar-refractivity contribution is -0.111. The molecule has 0 bridgehead atoms. The maximum Gasteiger partial charge on any atom is 0.248 e. The first-order chi connectivity index (χ1) is 14.0. The lowest BCUT2D eigenvalue weighted by Crippen LogP contribution is -2.09. The summed E-state index contributed by atoms with van der Waals surface area (Å²) in [5.74, 6) is 0.784. The van der Waals surface area contributed by atoms with Gasteiger partial charge in [-0.2, -0.15) is 10.2 Å². The topological polar surface area (TPSA) is 86.3 Å². The Labute approximate surface area is 167 Å². The van der Waals surface area contributed by atoms with Crippen molar-refractivity contribution < 1.29 is 9.53 Å². The molecule has 0 radical (unpaired) electrons. The number of fused-ring (bicyclic) bond motifs is 1. The summed E-state index contributed by atoms with van der Waals surface area (Å²) in [7, 11) is 1.85. The number of hydrogen-bond donors (Lipinski definition) is 1. The number of aromatic nitrogens is 5. The molecule has 0 aliphatic heterocycles. The van der Waals surface area contributed by atoms with Gasteiger partial charge >= 0.3 is 0 Å². The van der Waals surface area contributed by atoms with Crippen molar-refractivity contribution >= 4 is 17.1 Å². The van der Waals surface area contributed by atoms with Crippen molar-refractivity contribution in [1.82, 2.24) is 24.4 Å². The van der Waals surface area contributed by atoms with E-state index < -0.39 is 0 Å². The van der Waals surface area contributed by atoms with Gasteiger partial charge in [0.05, 0.1) is 24.3 Å². The number of hydrogen-bond acceptors (Lipinski definition) is 5. The zero-order valence-electron chi connectivity index (χ0n) is 16.3. The number of aryl methyl sites for hydroxylation is 2. The highest BCUT2D eigenvalue weighted by molar-refractivity contribution is 5.99. The van der Waals surface area contributed by atoms with Crippen LogP contribution < -0.4 is 10.1 Å². The van der Waals surface area contributed by atoms with Crippen LogP contribution in [-0.2, 0) is 11.8 Å². The van der Waals surface area contributed by atoms with E-state index in [0.29, 0.717) is 23.0 Å². The van der Waals surface area contributed by atoms with Gasteiger partial charge in [-0.3, -0.25) is 9.48 Å². The minimum absolute atomic E-state index is 0.192. The first-order valence-electron chi connectivity index (χ1n) is 9.09. The maximum absolute atomic E-state index is 11.9. The van der Waals surface area contributed by atoms with Crippen LogP contribution in [0.5, 0.6) is 11.6 Å². The molecule has 1 amide bonds. The van der Waals surface area contributed by atoms with Crippen molar-refractivity contribution in [2.45, 2.75) is 13.8 Å². The summed E-state index contributed by atoms with van der Waals surface area (Å²) in [6.07, 6.45) is 10.3. The third-order valence-electron chi connectivity index (χ3n) is 4.36. The SMILES string of the molecule is C/C=C/C(=O)Nc1cc(Oc2nc(-c3cnn(C)c3)cn3nccc23)ccc1C. The predicted octanol–water partition coefficient (Wildman–Crippen LogP) is 3.75. The van der Waals surface area contributed by atoms with E-state index in [9.17, 15) is 4.79 Å². The molecule has 1 aromatic carbocycles. The zero-order chi connectivity index (χ0) is 20.4. The minimum atomic E-state index is -0.192. The molecule has 0 saturated carbocycles. The molecule has 4 aromatic rings. The van der Waals surface area contributed by atoms with Crippen molar-refractivity contribution in [3.63, 3.8) is 0 Å². The molecule has 0 fully saturated rings. The van der Waals surface area contributed by atoms with Crippen LogP contribution in [0.4, 0.5) is 5.69 Å². The van der Waals surface area contributed by atoms with E-state index in [1.54, 1.807) is 40.7 Å². The Morgan fingerprint density at radius 2 is 2.07 bits per heavy atom. The molecule has 0 aliphatic rings. The van der Waals surface area contributed by atoms with E-state index in [0.717, 1.165) is 16.6 Å². The minimum Gasteiger partial charge on any atom is -0.437 e. The van der Waals surface area contributed by atoms with Gasteiger partial charge in [0, 0.05) is 30.6 Å². The molecule has 0 spiro atoms. The number of anilines is 1. The van der Waals surface area contributed by atoms with E-state index in [2.05, 4.69) is 20.5 Å². The third kappa shape index (κ3) is 3.86. The van der Waals surface area contributed by atoms with Crippen molar-refractivity contribution in [3.8, 4) is 22.9 Å². The van der Waals surface area contributed by atoms with Gasteiger partial charge in [0.25, 0.3) is 0 Å². The van der Waals surface area contributed by atoms with Crippen LogP contribution in [0.1, 0.15) is 12.5 Å². The normalized spacial score (nSPS) is 11.3. The van der Waals surface area contributed by atoms with Crippen molar-refractivity contribution in [1.29, 1.82) is 0 Å². The van der Waals surface area contributed by atoms with E-state index in [4.69, 9.17) is 4.74 Å². The summed E-state index contributed by atoms with van der Waals surface area (Å²) in [5, 5.41) is 11.4. The van der Waals surface area contributed by atoms with Crippen molar-refractivity contribution in [2.24, 2.45) is 7.05 Å². The Bertz CT molecular complexity index is 1220. The number of ether oxygens (including phenoxy) is 1. The maximum atomic E-state index is 11.9. The fraction of sp³-hybridized carbons (Fsp3) is 0.143. The van der Waals surface area contributed by atoms with Gasteiger partial charge in [-0.1, -0.05) is 12.1 Å². The number of carbonyl (C=O) groups is 1. The van der Waals surface area contributed by atoms with Crippen LogP contribution >= 0.6 is 0 Å². The van der Waals surface area contributed by atoms with Gasteiger partial charge in [-0.25, -0.2) is 9.50 Å². The molecule has 3 aromatic heterocycles. The number of benzene rings is 1. The molecule has 0 aliphatic carbocycles. The standard InChI is InChI=1S/C21H20N6O2/c1-4-5-20(28)24-17-10-16(7-6-14(17)2)29-21-19-8-9-22-27(19)13-18(25-21)15-11-23-26(3)12-15/h4-13H,1-3H3,(H,24,28)/b5-4+. The quantitative estimate of drug-likeness (QED) is 0.526. The van der Waals surface area contributed by atoms with E-state index in [1.165, 1.54) is 6.08 Å². The van der Waals surface area contributed by atoms with Crippen molar-refractivity contribution in [2.75, 3.05) is 5.32 Å². The fourth-order valence-corrected chi connectivity index (χ4v) is 2.90. The highest BCUT2D eigenvalue weighted by Crippen LogP contribution is 2.30. The molecule has 1 N–H and O–H groups in total. The number of rotatable bonds is 5. The molecule has 0 atom stereocenters. The van der Waals surface area contributed by atoms with Gasteiger partial charge in [-0.05, 0) is 37.6 Å². The van der Waals surface area contributed by atoms with Crippen LogP contribution in [0.3, 0.4) is 0 Å². The zero-order valence-corrected chi connectivity index (χ0v) is 16.3. The van der Waals surface area contributed by atoms with Crippen LogP contribution in [0.25, 0.3) is 16.8 Å². The molecule has 3 heterocycles. The van der Waals surface area contributed by atoms with Crippen LogP contribution in [-0.4, -0.2) is 30.3 Å². The first-order valence-corrected chi connectivity index (χ1v) is 9.09. The summed E-state index contributed by atoms with van der Waals surface area (Å²) >= 11 is 0. The molecule has 29 heavy (non-hydrogen) atoms. The largest absolute Gasteiger partial charge is 0.437 e. The smallest absolute Gasteiger partial charge is 0.248 e. The Balaban J connectivity index is 1.70. The number of carbonyl (C=O) groups excluding carboxylic acids is 1. The molecular formula is C21H20N6O2. The molecule has 8 heteroatoms. The van der Waals surface area contributed by atoms with E-state index in [-0.39, 0.29) is 5.91 Å².